The average Bonchev–Trinajstić information content (AvgIpc) is 3.16. The monoisotopic (exact) mass is 735 g/mol. The van der Waals surface area contributed by atoms with Crippen LogP contribution in [-0.4, -0.2) is 46.8 Å². The van der Waals surface area contributed by atoms with Gasteiger partial charge in [-0.1, -0.05) is 160 Å². The molecule has 1 saturated heterocycles. The van der Waals surface area contributed by atoms with E-state index in [0.717, 1.165) is 89.9 Å². The highest BCUT2D eigenvalue weighted by Crippen LogP contribution is 2.19. The number of piperazine rings is 1. The molecule has 0 bridgehead atoms. The van der Waals surface area contributed by atoms with E-state index in [2.05, 4.69) is 174 Å². The number of amides is 2. The number of hydrogen-bond acceptors (Lipinski definition) is 2. The third kappa shape index (κ3) is 27.4. The Balaban J connectivity index is 2.16. The molecular formula is C50H74N2O2. The zero-order valence-electron chi connectivity index (χ0n) is 34.4. The number of rotatable bonds is 28. The van der Waals surface area contributed by atoms with Crippen molar-refractivity contribution in [3.8, 4) is 0 Å². The van der Waals surface area contributed by atoms with Gasteiger partial charge >= 0.3 is 0 Å². The Morgan fingerprint density at radius 1 is 0.389 bits per heavy atom. The minimum atomic E-state index is 0.0290. The highest BCUT2D eigenvalue weighted by Gasteiger charge is 2.33. The Labute approximate surface area is 331 Å². The Hall–Kier alpha value is -4.18. The first-order valence-corrected chi connectivity index (χ1v) is 20.9. The molecule has 54 heavy (non-hydrogen) atoms. The number of carbonyl (C=O) groups is 2. The van der Waals surface area contributed by atoms with Gasteiger partial charge in [-0.25, -0.2) is 0 Å². The van der Waals surface area contributed by atoms with E-state index in [9.17, 15) is 9.59 Å². The van der Waals surface area contributed by atoms with E-state index in [4.69, 9.17) is 0 Å². The quantitative estimate of drug-likeness (QED) is 0.0751. The van der Waals surface area contributed by atoms with E-state index >= 15 is 0 Å². The largest absolute Gasteiger partial charge is 0.339 e. The maximum Gasteiger partial charge on any atom is 0.223 e. The minimum absolute atomic E-state index is 0.0290. The molecule has 4 heteroatoms. The van der Waals surface area contributed by atoms with Crippen LogP contribution in [0, 0.1) is 0 Å². The molecule has 0 saturated carbocycles. The predicted octanol–water partition coefficient (Wildman–Crippen LogP) is 13.4. The van der Waals surface area contributed by atoms with Crippen LogP contribution in [0.15, 0.2) is 146 Å². The van der Waals surface area contributed by atoms with Crippen LogP contribution in [0.1, 0.15) is 130 Å². The Morgan fingerprint density at radius 3 is 0.907 bits per heavy atom. The van der Waals surface area contributed by atoms with Crippen LogP contribution in [0.2, 0.25) is 0 Å². The summed E-state index contributed by atoms with van der Waals surface area (Å²) in [6.45, 7) is 9.66. The molecule has 1 heterocycles. The molecule has 4 nitrogen and oxygen atoms in total. The van der Waals surface area contributed by atoms with E-state index in [1.807, 2.05) is 9.80 Å². The second kappa shape index (κ2) is 35.8. The van der Waals surface area contributed by atoms with Gasteiger partial charge in [0.2, 0.25) is 11.8 Å². The van der Waals surface area contributed by atoms with Crippen molar-refractivity contribution in [2.45, 2.75) is 143 Å². The topological polar surface area (TPSA) is 40.6 Å². The highest BCUT2D eigenvalue weighted by atomic mass is 16.2. The molecule has 1 aliphatic heterocycles. The maximum absolute atomic E-state index is 13.1. The van der Waals surface area contributed by atoms with Crippen molar-refractivity contribution in [2.24, 2.45) is 0 Å². The zero-order valence-corrected chi connectivity index (χ0v) is 34.4. The molecule has 0 aromatic heterocycles. The first-order chi connectivity index (χ1) is 26.5. The molecule has 0 aliphatic carbocycles. The van der Waals surface area contributed by atoms with Gasteiger partial charge in [0.1, 0.15) is 0 Å². The average molecular weight is 735 g/mol. The lowest BCUT2D eigenvalue weighted by molar-refractivity contribution is -0.146. The van der Waals surface area contributed by atoms with Gasteiger partial charge in [0.25, 0.3) is 0 Å². The molecule has 0 aromatic carbocycles. The summed E-state index contributed by atoms with van der Waals surface area (Å²) in [4.78, 5) is 30.0. The third-order valence-corrected chi connectivity index (χ3v) is 8.80. The summed E-state index contributed by atoms with van der Waals surface area (Å²) >= 11 is 0. The van der Waals surface area contributed by atoms with Crippen molar-refractivity contribution in [1.82, 2.24) is 9.80 Å². The summed E-state index contributed by atoms with van der Waals surface area (Å²) in [5, 5.41) is 0. The maximum atomic E-state index is 13.1. The van der Waals surface area contributed by atoms with E-state index in [-0.39, 0.29) is 23.9 Å². The van der Waals surface area contributed by atoms with E-state index < -0.39 is 0 Å². The van der Waals surface area contributed by atoms with Gasteiger partial charge in [-0.2, -0.15) is 0 Å². The van der Waals surface area contributed by atoms with Crippen LogP contribution in [0.3, 0.4) is 0 Å². The molecule has 1 fully saturated rings. The summed E-state index contributed by atoms with van der Waals surface area (Å²) in [6, 6.07) is 0.0581. The fraction of sp³-hybridized carbons (Fsp3) is 0.480. The summed E-state index contributed by atoms with van der Waals surface area (Å²) in [7, 11) is 0. The second-order valence-electron chi connectivity index (χ2n) is 13.7. The third-order valence-electron chi connectivity index (χ3n) is 8.80. The molecule has 2 atom stereocenters. The lowest BCUT2D eigenvalue weighted by Gasteiger charge is -2.44. The molecule has 1 aliphatic rings. The summed E-state index contributed by atoms with van der Waals surface area (Å²) < 4.78 is 0. The van der Waals surface area contributed by atoms with Crippen molar-refractivity contribution in [1.29, 1.82) is 0 Å². The molecule has 296 valence electrons. The van der Waals surface area contributed by atoms with Crippen molar-refractivity contribution in [3.63, 3.8) is 0 Å². The normalized spacial score (nSPS) is 17.9. The number of hydrogen-bond donors (Lipinski definition) is 0. The molecule has 0 aromatic rings. The van der Waals surface area contributed by atoms with Crippen LogP contribution >= 0.6 is 0 Å². The Morgan fingerprint density at radius 2 is 0.630 bits per heavy atom. The second-order valence-corrected chi connectivity index (χ2v) is 13.7. The van der Waals surface area contributed by atoms with Gasteiger partial charge in [-0.15, -0.1) is 0 Å². The van der Waals surface area contributed by atoms with Crippen molar-refractivity contribution in [2.75, 3.05) is 13.1 Å². The number of allylic oxidation sites excluding steroid dienone is 24. The van der Waals surface area contributed by atoms with Crippen LogP contribution in [0.5, 0.6) is 0 Å². The zero-order chi connectivity index (χ0) is 39.2. The smallest absolute Gasteiger partial charge is 0.223 e. The Bertz CT molecular complexity index is 1320. The lowest BCUT2D eigenvalue weighted by Crippen LogP contribution is -2.59. The minimum Gasteiger partial charge on any atom is -0.339 e. The fourth-order valence-corrected chi connectivity index (χ4v) is 6.00. The van der Waals surface area contributed by atoms with Gasteiger partial charge in [-0.05, 0) is 104 Å². The summed E-state index contributed by atoms with van der Waals surface area (Å²) in [5.41, 5.74) is 0. The molecule has 0 radical (unpaired) electrons. The molecule has 0 N–H and O–H groups in total. The Kier molecular flexibility index (Phi) is 31.7. The lowest BCUT2D eigenvalue weighted by atomic mass is 10.1. The predicted molar refractivity (Wildman–Crippen MR) is 237 cm³/mol. The van der Waals surface area contributed by atoms with Crippen LogP contribution < -0.4 is 0 Å². The van der Waals surface area contributed by atoms with Crippen molar-refractivity contribution >= 4 is 11.8 Å². The number of carbonyl (C=O) groups excluding carboxylic acids is 2. The van der Waals surface area contributed by atoms with Gasteiger partial charge in [-0.3, -0.25) is 9.59 Å². The molecule has 0 spiro atoms. The summed E-state index contributed by atoms with van der Waals surface area (Å²) in [6.07, 6.45) is 67.0. The molecule has 1 rings (SSSR count). The molecular weight excluding hydrogens is 661 g/mol. The van der Waals surface area contributed by atoms with Gasteiger partial charge in [0, 0.05) is 38.0 Å². The van der Waals surface area contributed by atoms with E-state index in [0.29, 0.717) is 25.9 Å². The SMILES string of the molecule is CCC=CCC=CCC=CCC=CCC=CCC=CCCC(=O)N1C[C@@H](C)N(C(=O)CCC=CCC=CCC=CCC=CCC=CCC=CCC)[C@@H](C)C1. The van der Waals surface area contributed by atoms with Crippen LogP contribution in [0.25, 0.3) is 0 Å². The highest BCUT2D eigenvalue weighted by molar-refractivity contribution is 5.79. The van der Waals surface area contributed by atoms with Crippen molar-refractivity contribution < 1.29 is 9.59 Å². The van der Waals surface area contributed by atoms with Gasteiger partial charge in [0.05, 0.1) is 0 Å². The van der Waals surface area contributed by atoms with E-state index in [1.165, 1.54) is 0 Å². The summed E-state index contributed by atoms with van der Waals surface area (Å²) in [5.74, 6) is 0.359. The fourth-order valence-electron chi connectivity index (χ4n) is 6.00. The van der Waals surface area contributed by atoms with Crippen LogP contribution in [-0.2, 0) is 9.59 Å². The first-order valence-electron chi connectivity index (χ1n) is 20.9. The van der Waals surface area contributed by atoms with Gasteiger partial charge in [0.15, 0.2) is 0 Å². The standard InChI is InChI=1S/C50H74N2O2/c1-5-7-9-11-13-15-17-19-21-23-25-27-29-31-33-35-37-39-41-43-49(53)51-45-47(3)52(48(4)46-51)50(54)44-42-40-38-36-34-32-30-28-26-24-22-20-18-16-14-12-10-8-6-2/h7-10,13-16,19-22,25-28,31-34,37-40,47-48H,5-6,11-12,17-18,23-24,29-30,35-36,41-46H2,1-4H3/t47-,48+. The van der Waals surface area contributed by atoms with Gasteiger partial charge < -0.3 is 9.80 Å². The molecule has 2 amide bonds. The van der Waals surface area contributed by atoms with E-state index in [1.54, 1.807) is 0 Å². The van der Waals surface area contributed by atoms with Crippen LogP contribution in [0.4, 0.5) is 0 Å². The molecule has 0 unspecified atom stereocenters. The van der Waals surface area contributed by atoms with Crippen molar-refractivity contribution in [3.05, 3.63) is 146 Å². The first kappa shape index (κ1) is 47.8. The number of nitrogens with zero attached hydrogens (tertiary/aromatic N) is 2.